The van der Waals surface area contributed by atoms with Crippen molar-refractivity contribution in [1.82, 2.24) is 43.5 Å². The molecule has 2 saturated heterocycles. The molecule has 1 aromatic carbocycles. The van der Waals surface area contributed by atoms with Gasteiger partial charge in [-0.25, -0.2) is 13.8 Å². The Morgan fingerprint density at radius 3 is 1.91 bits per heavy atom. The van der Waals surface area contributed by atoms with Crippen LogP contribution in [0.4, 0.5) is 19.0 Å². The van der Waals surface area contributed by atoms with Crippen molar-refractivity contribution in [2.75, 3.05) is 82.4 Å². The summed E-state index contributed by atoms with van der Waals surface area (Å²) in [5, 5.41) is 3.01. The molecule has 2 aliphatic rings. The number of pyridine rings is 3. The molecular formula is C38H39Cl2F2N11OS2. The first-order valence-corrected chi connectivity index (χ1v) is 20.4. The molecule has 0 unspecified atom stereocenters. The molecule has 0 radical (unpaired) electrons. The molecule has 0 spiro atoms. The summed E-state index contributed by atoms with van der Waals surface area (Å²) < 4.78 is 40.4. The van der Waals surface area contributed by atoms with Gasteiger partial charge in [0.25, 0.3) is 0 Å². The minimum atomic E-state index is -0.803. The average molecular weight is 839 g/mol. The number of hydrogen-bond acceptors (Lipinski definition) is 14. The maximum Gasteiger partial charge on any atom is 0.213 e. The van der Waals surface area contributed by atoms with Crippen LogP contribution in [-0.4, -0.2) is 116 Å². The largest absolute Gasteiger partial charge is 0.481 e. The molecule has 0 atom stereocenters. The third-order valence-electron chi connectivity index (χ3n) is 9.46. The van der Waals surface area contributed by atoms with Crippen LogP contribution in [0.3, 0.4) is 0 Å². The Balaban J connectivity index is 0.000000172. The molecule has 0 amide bonds. The molecule has 2 aliphatic heterocycles. The van der Waals surface area contributed by atoms with Gasteiger partial charge in [0, 0.05) is 125 Å². The van der Waals surface area contributed by atoms with E-state index in [-0.39, 0.29) is 0 Å². The van der Waals surface area contributed by atoms with Gasteiger partial charge in [-0.2, -0.15) is 18.7 Å². The van der Waals surface area contributed by atoms with Crippen LogP contribution in [0, 0.1) is 11.6 Å². The smallest absolute Gasteiger partial charge is 0.213 e. The van der Waals surface area contributed by atoms with Gasteiger partial charge in [0.1, 0.15) is 5.69 Å². The molecule has 0 saturated carbocycles. The highest BCUT2D eigenvalue weighted by Gasteiger charge is 2.22. The van der Waals surface area contributed by atoms with Crippen LogP contribution in [0.25, 0.3) is 22.9 Å². The average Bonchev–Trinajstić information content (AvgIpc) is 3.93. The zero-order valence-electron chi connectivity index (χ0n) is 30.6. The molecule has 0 N–H and O–H groups in total. The van der Waals surface area contributed by atoms with Crippen LogP contribution in [-0.2, 0) is 12.8 Å². The van der Waals surface area contributed by atoms with Crippen molar-refractivity contribution in [1.29, 1.82) is 0 Å². The number of halogens is 4. The minimum absolute atomic E-state index is 0.582. The van der Waals surface area contributed by atoms with Crippen LogP contribution < -0.4 is 14.5 Å². The number of piperazine rings is 2. The lowest BCUT2D eigenvalue weighted by Crippen LogP contribution is -2.47. The van der Waals surface area contributed by atoms with Crippen molar-refractivity contribution in [3.05, 3.63) is 106 Å². The summed E-state index contributed by atoms with van der Waals surface area (Å²) in [7, 11) is 1.65. The Morgan fingerprint density at radius 1 is 0.661 bits per heavy atom. The second-order valence-electron chi connectivity index (χ2n) is 13.2. The van der Waals surface area contributed by atoms with Gasteiger partial charge >= 0.3 is 0 Å². The van der Waals surface area contributed by atoms with Gasteiger partial charge in [-0.3, -0.25) is 19.8 Å². The zero-order valence-corrected chi connectivity index (χ0v) is 33.7. The van der Waals surface area contributed by atoms with Crippen LogP contribution in [0.1, 0.15) is 11.1 Å². The summed E-state index contributed by atoms with van der Waals surface area (Å²) in [6.45, 7) is 9.22. The molecule has 292 valence electrons. The first-order chi connectivity index (χ1) is 27.3. The van der Waals surface area contributed by atoms with Gasteiger partial charge < -0.3 is 14.5 Å². The lowest BCUT2D eigenvalue weighted by Gasteiger charge is -2.34. The van der Waals surface area contributed by atoms with Crippen LogP contribution in [0.2, 0.25) is 10.0 Å². The van der Waals surface area contributed by atoms with Gasteiger partial charge in [-0.15, -0.1) is 0 Å². The molecule has 56 heavy (non-hydrogen) atoms. The third-order valence-corrected chi connectivity index (χ3v) is 11.4. The molecule has 8 rings (SSSR count). The van der Waals surface area contributed by atoms with Crippen molar-refractivity contribution in [2.45, 2.75) is 12.8 Å². The second-order valence-corrected chi connectivity index (χ2v) is 15.5. The molecule has 7 heterocycles. The maximum atomic E-state index is 13.3. The maximum absolute atomic E-state index is 13.3. The Kier molecular flexibility index (Phi) is 13.6. The topological polar surface area (TPSA) is 112 Å². The Morgan fingerprint density at radius 2 is 1.30 bits per heavy atom. The highest BCUT2D eigenvalue weighted by Crippen LogP contribution is 2.27. The van der Waals surface area contributed by atoms with Gasteiger partial charge in [0.15, 0.2) is 23.3 Å². The molecule has 0 bridgehead atoms. The summed E-state index contributed by atoms with van der Waals surface area (Å²) in [4.78, 5) is 31.1. The number of rotatable bonds is 11. The molecule has 5 aromatic heterocycles. The predicted molar refractivity (Wildman–Crippen MR) is 218 cm³/mol. The van der Waals surface area contributed by atoms with Crippen LogP contribution in [0.5, 0.6) is 5.88 Å². The lowest BCUT2D eigenvalue weighted by molar-refractivity contribution is 0.261. The van der Waals surface area contributed by atoms with Gasteiger partial charge in [-0.1, -0.05) is 29.3 Å². The van der Waals surface area contributed by atoms with Crippen molar-refractivity contribution in [3.8, 4) is 28.8 Å². The fraction of sp³-hybridized carbons (Fsp3) is 0.342. The van der Waals surface area contributed by atoms with Crippen molar-refractivity contribution in [2.24, 2.45) is 0 Å². The number of aromatic nitrogens is 7. The molecular weight excluding hydrogens is 800 g/mol. The Hall–Kier alpha value is -4.45. The first-order valence-electron chi connectivity index (χ1n) is 18.1. The standard InChI is InChI=1S/C19H18ClF2N5S.C19H21ClN6OS/c20-14-2-4-17(23-12-14)18-24-19(28-25-18)27-9-7-26(8-10-27)6-5-13-1-3-15(21)16(22)11-13;1-27-17-10-14(2-4-22-17)3-5-25-6-8-26(9-7-25)19-23-18(24-28-19)15-11-16(20)13-21-12-15/h1-4,11-12H,5-10H2;2,4,10-13H,3,5-9H2,1H3. The molecule has 18 heteroatoms. The predicted octanol–water partition coefficient (Wildman–Crippen LogP) is 6.92. The number of benzene rings is 1. The van der Waals surface area contributed by atoms with E-state index in [2.05, 4.69) is 53.3 Å². The molecule has 0 aliphatic carbocycles. The van der Waals surface area contributed by atoms with Gasteiger partial charge in [-0.05, 0) is 60.4 Å². The van der Waals surface area contributed by atoms with Crippen LogP contribution in [0.15, 0.2) is 73.3 Å². The molecule has 2 fully saturated rings. The van der Waals surface area contributed by atoms with Crippen molar-refractivity contribution < 1.29 is 13.5 Å². The van der Waals surface area contributed by atoms with Gasteiger partial charge in [0.05, 0.1) is 17.2 Å². The zero-order chi connectivity index (χ0) is 38.9. The second kappa shape index (κ2) is 19.1. The number of anilines is 2. The fourth-order valence-electron chi connectivity index (χ4n) is 6.26. The number of methoxy groups -OCH3 is 1. The first kappa shape index (κ1) is 39.8. The Bertz CT molecular complexity index is 2180. The van der Waals surface area contributed by atoms with Crippen molar-refractivity contribution in [3.63, 3.8) is 0 Å². The summed E-state index contributed by atoms with van der Waals surface area (Å²) in [6.07, 6.45) is 8.42. The SMILES string of the molecule is COc1cc(CCN2CCN(c3nc(-c4cncc(Cl)c4)ns3)CC2)ccn1.Fc1ccc(CCN2CCN(c3nc(-c4ccc(Cl)cn4)ns3)CC2)cc1F. The van der Waals surface area contributed by atoms with E-state index >= 15 is 0 Å². The third kappa shape index (κ3) is 10.7. The van der Waals surface area contributed by atoms with E-state index in [4.69, 9.17) is 27.9 Å². The molecule has 6 aromatic rings. The monoisotopic (exact) mass is 837 g/mol. The van der Waals surface area contributed by atoms with E-state index in [1.807, 2.05) is 24.3 Å². The van der Waals surface area contributed by atoms with E-state index in [0.29, 0.717) is 39.7 Å². The Labute approximate surface area is 342 Å². The minimum Gasteiger partial charge on any atom is -0.481 e. The van der Waals surface area contributed by atoms with E-state index in [1.165, 1.54) is 40.8 Å². The highest BCUT2D eigenvalue weighted by atomic mass is 35.5. The number of nitrogens with zero attached hydrogens (tertiary/aromatic N) is 11. The van der Waals surface area contributed by atoms with Gasteiger partial charge in [0.2, 0.25) is 16.1 Å². The molecule has 12 nitrogen and oxygen atoms in total. The summed E-state index contributed by atoms with van der Waals surface area (Å²) >= 11 is 14.7. The normalized spacial score (nSPS) is 15.1. The highest BCUT2D eigenvalue weighted by molar-refractivity contribution is 7.10. The summed E-state index contributed by atoms with van der Waals surface area (Å²) in [6, 6.07) is 13.6. The van der Waals surface area contributed by atoms with Crippen molar-refractivity contribution >= 4 is 56.5 Å². The number of ether oxygens (including phenoxy) is 1. The van der Waals surface area contributed by atoms with E-state index < -0.39 is 11.6 Å². The summed E-state index contributed by atoms with van der Waals surface area (Å²) in [5.74, 6) is 0.373. The quantitative estimate of drug-likeness (QED) is 0.135. The lowest BCUT2D eigenvalue weighted by atomic mass is 10.1. The number of hydrogen-bond donors (Lipinski definition) is 0. The fourth-order valence-corrected chi connectivity index (χ4v) is 8.02. The van der Waals surface area contributed by atoms with E-state index in [1.54, 1.807) is 44.0 Å². The van der Waals surface area contributed by atoms with E-state index in [0.717, 1.165) is 93.3 Å². The van der Waals surface area contributed by atoms with Crippen LogP contribution >= 0.6 is 46.3 Å². The van der Waals surface area contributed by atoms with E-state index in [9.17, 15) is 8.78 Å². The summed E-state index contributed by atoms with van der Waals surface area (Å²) in [5.41, 5.74) is 3.61.